The molecule has 0 bridgehead atoms. The van der Waals surface area contributed by atoms with Crippen LogP contribution in [0.4, 0.5) is 0 Å². The van der Waals surface area contributed by atoms with Gasteiger partial charge in [0.25, 0.3) is 0 Å². The first-order valence-electron chi connectivity index (χ1n) is 5.11. The molecule has 0 radical (unpaired) electrons. The van der Waals surface area contributed by atoms with Gasteiger partial charge in [-0.2, -0.15) is 0 Å². The van der Waals surface area contributed by atoms with Gasteiger partial charge in [-0.25, -0.2) is 4.79 Å². The molecule has 1 fully saturated rings. The van der Waals surface area contributed by atoms with E-state index in [1.165, 1.54) is 0 Å². The smallest absolute Gasteiger partial charge is 0.338 e. The summed E-state index contributed by atoms with van der Waals surface area (Å²) >= 11 is 0. The average molecular weight is 205 g/mol. The van der Waals surface area contributed by atoms with Gasteiger partial charge in [0, 0.05) is 13.1 Å². The third kappa shape index (κ3) is 2.36. The predicted octanol–water partition coefficient (Wildman–Crippen LogP) is 1.47. The van der Waals surface area contributed by atoms with E-state index in [1.807, 2.05) is 32.2 Å². The van der Waals surface area contributed by atoms with Crippen LogP contribution in [-0.4, -0.2) is 37.1 Å². The van der Waals surface area contributed by atoms with Gasteiger partial charge >= 0.3 is 5.97 Å². The van der Waals surface area contributed by atoms with Crippen LogP contribution in [-0.2, 0) is 4.74 Å². The Morgan fingerprint density at radius 2 is 2.20 bits per heavy atom. The lowest BCUT2D eigenvalue weighted by Gasteiger charge is -2.35. The van der Waals surface area contributed by atoms with Gasteiger partial charge in [0.15, 0.2) is 0 Å². The van der Waals surface area contributed by atoms with E-state index in [-0.39, 0.29) is 12.1 Å². The average Bonchev–Trinajstić information content (AvgIpc) is 2.15. The van der Waals surface area contributed by atoms with Crippen LogP contribution in [0.3, 0.4) is 0 Å². The molecule has 0 atom stereocenters. The monoisotopic (exact) mass is 205 g/mol. The van der Waals surface area contributed by atoms with Crippen LogP contribution in [0.2, 0.25) is 0 Å². The number of rotatable bonds is 2. The standard InChI is InChI=1S/C12H15NO2/c1-9-4-3-5-10(6-9)12(14)15-11-7-13(2)8-11/h3-6,11H,7-8H2,1-2H3. The van der Waals surface area contributed by atoms with Crippen molar-refractivity contribution in [1.29, 1.82) is 0 Å². The Kier molecular flexibility index (Phi) is 2.73. The normalized spacial score (nSPS) is 17.2. The van der Waals surface area contributed by atoms with Gasteiger partial charge in [0.2, 0.25) is 0 Å². The number of hydrogen-bond donors (Lipinski definition) is 0. The molecule has 3 nitrogen and oxygen atoms in total. The van der Waals surface area contributed by atoms with Crippen molar-refractivity contribution < 1.29 is 9.53 Å². The van der Waals surface area contributed by atoms with Crippen molar-refractivity contribution in [3.8, 4) is 0 Å². The van der Waals surface area contributed by atoms with Crippen molar-refractivity contribution in [3.63, 3.8) is 0 Å². The lowest BCUT2D eigenvalue weighted by molar-refractivity contribution is -0.0212. The van der Waals surface area contributed by atoms with Gasteiger partial charge in [-0.05, 0) is 26.1 Å². The van der Waals surface area contributed by atoms with Crippen molar-refractivity contribution in [2.24, 2.45) is 0 Å². The van der Waals surface area contributed by atoms with Crippen molar-refractivity contribution in [3.05, 3.63) is 35.4 Å². The van der Waals surface area contributed by atoms with Crippen LogP contribution in [0.15, 0.2) is 24.3 Å². The molecule has 0 saturated carbocycles. The summed E-state index contributed by atoms with van der Waals surface area (Å²) in [5, 5.41) is 0. The molecular formula is C12H15NO2. The van der Waals surface area contributed by atoms with Crippen LogP contribution < -0.4 is 0 Å². The number of carbonyl (C=O) groups excluding carboxylic acids is 1. The van der Waals surface area contributed by atoms with Crippen molar-refractivity contribution in [1.82, 2.24) is 4.90 Å². The van der Waals surface area contributed by atoms with Crippen molar-refractivity contribution >= 4 is 5.97 Å². The topological polar surface area (TPSA) is 29.5 Å². The zero-order chi connectivity index (χ0) is 10.8. The second-order valence-electron chi connectivity index (χ2n) is 4.12. The molecule has 1 saturated heterocycles. The molecule has 0 aliphatic carbocycles. The Hall–Kier alpha value is -1.35. The maximum absolute atomic E-state index is 11.7. The van der Waals surface area contributed by atoms with E-state index in [2.05, 4.69) is 4.90 Å². The zero-order valence-electron chi connectivity index (χ0n) is 9.06. The Morgan fingerprint density at radius 1 is 1.47 bits per heavy atom. The number of esters is 1. The molecule has 2 rings (SSSR count). The molecule has 1 aliphatic heterocycles. The molecule has 0 aromatic heterocycles. The fraction of sp³-hybridized carbons (Fsp3) is 0.417. The zero-order valence-corrected chi connectivity index (χ0v) is 9.06. The minimum absolute atomic E-state index is 0.0722. The van der Waals surface area contributed by atoms with E-state index in [1.54, 1.807) is 6.07 Å². The molecule has 15 heavy (non-hydrogen) atoms. The summed E-state index contributed by atoms with van der Waals surface area (Å²) < 4.78 is 5.32. The van der Waals surface area contributed by atoms with E-state index >= 15 is 0 Å². The molecular weight excluding hydrogens is 190 g/mol. The number of ether oxygens (including phenoxy) is 1. The van der Waals surface area contributed by atoms with E-state index in [4.69, 9.17) is 4.74 Å². The summed E-state index contributed by atoms with van der Waals surface area (Å²) in [6.45, 7) is 3.66. The Balaban J connectivity index is 1.96. The number of aryl methyl sites for hydroxylation is 1. The molecule has 3 heteroatoms. The fourth-order valence-electron chi connectivity index (χ4n) is 1.71. The maximum Gasteiger partial charge on any atom is 0.338 e. The number of likely N-dealkylation sites (N-methyl/N-ethyl adjacent to an activating group) is 1. The summed E-state index contributed by atoms with van der Waals surface area (Å²) in [5.74, 6) is -0.211. The third-order valence-corrected chi connectivity index (χ3v) is 2.56. The molecule has 0 amide bonds. The summed E-state index contributed by atoms with van der Waals surface area (Å²) in [6.07, 6.45) is 0.0722. The third-order valence-electron chi connectivity index (χ3n) is 2.56. The number of benzene rings is 1. The highest BCUT2D eigenvalue weighted by Gasteiger charge is 2.27. The highest BCUT2D eigenvalue weighted by Crippen LogP contribution is 2.12. The summed E-state index contributed by atoms with van der Waals surface area (Å²) in [6, 6.07) is 7.48. The van der Waals surface area contributed by atoms with Gasteiger partial charge < -0.3 is 4.74 Å². The predicted molar refractivity (Wildman–Crippen MR) is 57.9 cm³/mol. The lowest BCUT2D eigenvalue weighted by atomic mass is 10.1. The molecule has 0 spiro atoms. The SMILES string of the molecule is Cc1cccc(C(=O)OC2CN(C)C2)c1. The second kappa shape index (κ2) is 4.03. The molecule has 1 aromatic rings. The van der Waals surface area contributed by atoms with Crippen LogP contribution in [0.25, 0.3) is 0 Å². The minimum Gasteiger partial charge on any atom is -0.456 e. The van der Waals surface area contributed by atoms with Gasteiger partial charge in [-0.15, -0.1) is 0 Å². The van der Waals surface area contributed by atoms with E-state index < -0.39 is 0 Å². The first kappa shape index (κ1) is 10.2. The highest BCUT2D eigenvalue weighted by atomic mass is 16.5. The van der Waals surface area contributed by atoms with Crippen LogP contribution in [0.1, 0.15) is 15.9 Å². The van der Waals surface area contributed by atoms with Crippen LogP contribution >= 0.6 is 0 Å². The number of likely N-dealkylation sites (tertiary alicyclic amines) is 1. The van der Waals surface area contributed by atoms with Crippen LogP contribution in [0, 0.1) is 6.92 Å². The van der Waals surface area contributed by atoms with E-state index in [0.29, 0.717) is 5.56 Å². The van der Waals surface area contributed by atoms with Gasteiger partial charge in [-0.1, -0.05) is 17.7 Å². The van der Waals surface area contributed by atoms with Crippen LogP contribution in [0.5, 0.6) is 0 Å². The lowest BCUT2D eigenvalue weighted by Crippen LogP contribution is -2.50. The van der Waals surface area contributed by atoms with Gasteiger partial charge in [0.05, 0.1) is 5.56 Å². The summed E-state index contributed by atoms with van der Waals surface area (Å²) in [5.41, 5.74) is 1.72. The van der Waals surface area contributed by atoms with E-state index in [0.717, 1.165) is 18.7 Å². The molecule has 1 heterocycles. The summed E-state index contributed by atoms with van der Waals surface area (Å²) in [7, 11) is 2.01. The van der Waals surface area contributed by atoms with Gasteiger partial charge in [0.1, 0.15) is 6.10 Å². The molecule has 0 unspecified atom stereocenters. The largest absolute Gasteiger partial charge is 0.456 e. The van der Waals surface area contributed by atoms with E-state index in [9.17, 15) is 4.79 Å². The first-order valence-corrected chi connectivity index (χ1v) is 5.11. The molecule has 1 aromatic carbocycles. The maximum atomic E-state index is 11.7. The molecule has 0 N–H and O–H groups in total. The first-order chi connectivity index (χ1) is 7.15. The Morgan fingerprint density at radius 3 is 2.80 bits per heavy atom. The Labute approximate surface area is 89.7 Å². The minimum atomic E-state index is -0.211. The van der Waals surface area contributed by atoms with Crippen molar-refractivity contribution in [2.75, 3.05) is 20.1 Å². The van der Waals surface area contributed by atoms with Crippen molar-refractivity contribution in [2.45, 2.75) is 13.0 Å². The second-order valence-corrected chi connectivity index (χ2v) is 4.12. The quantitative estimate of drug-likeness (QED) is 0.685. The summed E-state index contributed by atoms with van der Waals surface area (Å²) in [4.78, 5) is 13.8. The number of hydrogen-bond acceptors (Lipinski definition) is 3. The number of nitrogens with zero attached hydrogens (tertiary/aromatic N) is 1. The number of carbonyl (C=O) groups is 1. The highest BCUT2D eigenvalue weighted by molar-refractivity contribution is 5.89. The fourth-order valence-corrected chi connectivity index (χ4v) is 1.71. The molecule has 1 aliphatic rings. The van der Waals surface area contributed by atoms with Gasteiger partial charge in [-0.3, -0.25) is 4.90 Å². The Bertz CT molecular complexity index is 370. The molecule has 80 valence electrons.